The van der Waals surface area contributed by atoms with Crippen LogP contribution in [0.5, 0.6) is 0 Å². The van der Waals surface area contributed by atoms with Crippen LogP contribution in [0.3, 0.4) is 0 Å². The van der Waals surface area contributed by atoms with E-state index in [0.29, 0.717) is 5.69 Å². The Balaban J connectivity index is 1.96. The van der Waals surface area contributed by atoms with Gasteiger partial charge in [0.15, 0.2) is 0 Å². The molecule has 1 aromatic carbocycles. The van der Waals surface area contributed by atoms with Gasteiger partial charge in [0.05, 0.1) is 11.7 Å². The summed E-state index contributed by atoms with van der Waals surface area (Å²) in [5.41, 5.74) is 1.84. The van der Waals surface area contributed by atoms with Crippen LogP contribution in [0.15, 0.2) is 59.8 Å². The first kappa shape index (κ1) is 11.6. The molecule has 0 fully saturated rings. The minimum absolute atomic E-state index is 0.124. The van der Waals surface area contributed by atoms with Crippen molar-refractivity contribution in [3.05, 3.63) is 65.2 Å². The predicted octanol–water partition coefficient (Wildman–Crippen LogP) is 1.29. The number of nitrogens with zero attached hydrogens (tertiary/aromatic N) is 5. The number of aromatic nitrogens is 6. The fraction of sp³-hybridized carbons (Fsp3) is 0. The summed E-state index contributed by atoms with van der Waals surface area (Å²) in [6.07, 6.45) is 5.04. The lowest BCUT2D eigenvalue weighted by molar-refractivity contribution is 0.804. The van der Waals surface area contributed by atoms with Gasteiger partial charge in [-0.3, -0.25) is 9.89 Å². The second-order valence-corrected chi connectivity index (χ2v) is 4.53. The maximum Gasteiger partial charge on any atom is 0.207 e. The van der Waals surface area contributed by atoms with Gasteiger partial charge in [-0.15, -0.1) is 5.10 Å². The van der Waals surface area contributed by atoms with Crippen LogP contribution in [-0.2, 0) is 0 Å². The summed E-state index contributed by atoms with van der Waals surface area (Å²) in [6.45, 7) is 0. The summed E-state index contributed by atoms with van der Waals surface area (Å²) in [7, 11) is 0. The van der Waals surface area contributed by atoms with Crippen molar-refractivity contribution in [2.75, 3.05) is 0 Å². The average Bonchev–Trinajstić information content (AvgIpc) is 3.17. The van der Waals surface area contributed by atoms with E-state index in [-0.39, 0.29) is 5.43 Å². The number of benzene rings is 1. The lowest BCUT2D eigenvalue weighted by atomic mass is 10.3. The molecule has 0 aliphatic rings. The number of H-pyrrole nitrogens is 1. The average molecular weight is 278 g/mol. The van der Waals surface area contributed by atoms with Crippen molar-refractivity contribution in [3.8, 4) is 11.5 Å². The molecular formula is C14H10N6O. The lowest BCUT2D eigenvalue weighted by Crippen LogP contribution is -2.14. The molecule has 1 N–H and O–H groups in total. The van der Waals surface area contributed by atoms with Gasteiger partial charge in [-0.2, -0.15) is 5.10 Å². The molecule has 3 aromatic heterocycles. The first-order valence-corrected chi connectivity index (χ1v) is 6.36. The fourth-order valence-corrected chi connectivity index (χ4v) is 2.22. The van der Waals surface area contributed by atoms with Crippen LogP contribution in [0.2, 0.25) is 0 Å². The minimum atomic E-state index is -0.124. The normalized spacial score (nSPS) is 11.0. The van der Waals surface area contributed by atoms with Gasteiger partial charge in [-0.05, 0) is 12.1 Å². The summed E-state index contributed by atoms with van der Waals surface area (Å²) in [6, 6.07) is 10.8. The van der Waals surface area contributed by atoms with E-state index < -0.39 is 0 Å². The number of fused-ring (bicyclic) bond motifs is 1. The SMILES string of the molecule is O=c1ccn(-c2ccn[nH]2)cc1-n1nnc2ccccc21. The third-order valence-corrected chi connectivity index (χ3v) is 3.24. The molecule has 0 saturated heterocycles. The van der Waals surface area contributed by atoms with Crippen LogP contribution in [0.25, 0.3) is 22.5 Å². The molecule has 4 rings (SSSR count). The standard InChI is InChI=1S/C14H10N6O/c21-13-6-8-19(14-5-7-15-17-14)9-12(13)20-11-4-2-1-3-10(11)16-18-20/h1-9H,(H,15,17). The number of hydrogen-bond donors (Lipinski definition) is 1. The number of pyridine rings is 1. The first-order valence-electron chi connectivity index (χ1n) is 6.36. The van der Waals surface area contributed by atoms with Crippen LogP contribution in [0.4, 0.5) is 0 Å². The molecule has 0 saturated carbocycles. The molecule has 102 valence electrons. The summed E-state index contributed by atoms with van der Waals surface area (Å²) < 4.78 is 3.32. The highest BCUT2D eigenvalue weighted by Gasteiger charge is 2.10. The van der Waals surface area contributed by atoms with Gasteiger partial charge in [0.1, 0.15) is 17.0 Å². The maximum atomic E-state index is 12.2. The van der Waals surface area contributed by atoms with E-state index in [9.17, 15) is 4.79 Å². The largest absolute Gasteiger partial charge is 0.307 e. The predicted molar refractivity (Wildman–Crippen MR) is 76.6 cm³/mol. The summed E-state index contributed by atoms with van der Waals surface area (Å²) in [5, 5.41) is 14.9. The van der Waals surface area contributed by atoms with Crippen LogP contribution in [0.1, 0.15) is 0 Å². The third-order valence-electron chi connectivity index (χ3n) is 3.24. The van der Waals surface area contributed by atoms with E-state index in [0.717, 1.165) is 16.9 Å². The molecule has 0 unspecified atom stereocenters. The van der Waals surface area contributed by atoms with Crippen LogP contribution in [-0.4, -0.2) is 29.8 Å². The number of aromatic amines is 1. The Morgan fingerprint density at radius 1 is 1.10 bits per heavy atom. The molecule has 0 aliphatic carbocycles. The van der Waals surface area contributed by atoms with E-state index in [1.807, 2.05) is 30.3 Å². The zero-order valence-electron chi connectivity index (χ0n) is 10.8. The molecule has 7 nitrogen and oxygen atoms in total. The zero-order valence-corrected chi connectivity index (χ0v) is 10.8. The maximum absolute atomic E-state index is 12.2. The lowest BCUT2D eigenvalue weighted by Gasteiger charge is -2.06. The van der Waals surface area contributed by atoms with Crippen molar-refractivity contribution in [2.45, 2.75) is 0 Å². The second kappa shape index (κ2) is 4.41. The van der Waals surface area contributed by atoms with E-state index in [1.165, 1.54) is 6.07 Å². The van der Waals surface area contributed by atoms with E-state index in [2.05, 4.69) is 20.5 Å². The van der Waals surface area contributed by atoms with Gasteiger partial charge in [-0.1, -0.05) is 17.3 Å². The van der Waals surface area contributed by atoms with E-state index >= 15 is 0 Å². The zero-order chi connectivity index (χ0) is 14.2. The summed E-state index contributed by atoms with van der Waals surface area (Å²) >= 11 is 0. The van der Waals surface area contributed by atoms with Gasteiger partial charge in [0.25, 0.3) is 0 Å². The Hall–Kier alpha value is -3.22. The van der Waals surface area contributed by atoms with Crippen molar-refractivity contribution in [1.82, 2.24) is 29.8 Å². The molecule has 0 bridgehead atoms. The Labute approximate surface area is 118 Å². The van der Waals surface area contributed by atoms with Crippen molar-refractivity contribution < 1.29 is 0 Å². The molecule has 7 heteroatoms. The smallest absolute Gasteiger partial charge is 0.207 e. The third kappa shape index (κ3) is 1.83. The Morgan fingerprint density at radius 2 is 2.00 bits per heavy atom. The highest BCUT2D eigenvalue weighted by molar-refractivity contribution is 5.75. The Bertz CT molecular complexity index is 966. The quantitative estimate of drug-likeness (QED) is 0.599. The number of nitrogens with one attached hydrogen (secondary N) is 1. The van der Waals surface area contributed by atoms with Crippen molar-refractivity contribution >= 4 is 11.0 Å². The number of para-hydroxylation sites is 1. The fourth-order valence-electron chi connectivity index (χ4n) is 2.22. The van der Waals surface area contributed by atoms with Gasteiger partial charge < -0.3 is 4.57 Å². The summed E-state index contributed by atoms with van der Waals surface area (Å²) in [5.74, 6) is 0.765. The van der Waals surface area contributed by atoms with Crippen molar-refractivity contribution in [1.29, 1.82) is 0 Å². The highest BCUT2D eigenvalue weighted by Crippen LogP contribution is 2.14. The molecule has 21 heavy (non-hydrogen) atoms. The van der Waals surface area contributed by atoms with Crippen molar-refractivity contribution in [3.63, 3.8) is 0 Å². The second-order valence-electron chi connectivity index (χ2n) is 4.53. The molecule has 0 amide bonds. The Kier molecular flexibility index (Phi) is 2.43. The molecule has 4 aromatic rings. The molecule has 0 radical (unpaired) electrons. The molecular weight excluding hydrogens is 268 g/mol. The monoisotopic (exact) mass is 278 g/mol. The minimum Gasteiger partial charge on any atom is -0.307 e. The highest BCUT2D eigenvalue weighted by atomic mass is 16.1. The van der Waals surface area contributed by atoms with Crippen LogP contribution in [0, 0.1) is 0 Å². The summed E-state index contributed by atoms with van der Waals surface area (Å²) in [4.78, 5) is 12.2. The molecule has 0 aliphatic heterocycles. The number of rotatable bonds is 2. The van der Waals surface area contributed by atoms with Gasteiger partial charge >= 0.3 is 0 Å². The van der Waals surface area contributed by atoms with Crippen molar-refractivity contribution in [2.24, 2.45) is 0 Å². The van der Waals surface area contributed by atoms with Gasteiger partial charge in [-0.25, -0.2) is 4.68 Å². The Morgan fingerprint density at radius 3 is 2.86 bits per heavy atom. The molecule has 0 atom stereocenters. The molecule has 3 heterocycles. The topological polar surface area (TPSA) is 81.4 Å². The number of hydrogen-bond acceptors (Lipinski definition) is 4. The van der Waals surface area contributed by atoms with Crippen LogP contribution >= 0.6 is 0 Å². The van der Waals surface area contributed by atoms with Crippen LogP contribution < -0.4 is 5.43 Å². The van der Waals surface area contributed by atoms with Gasteiger partial charge in [0, 0.05) is 24.5 Å². The van der Waals surface area contributed by atoms with E-state index in [4.69, 9.17) is 0 Å². The molecule has 0 spiro atoms. The van der Waals surface area contributed by atoms with Gasteiger partial charge in [0.2, 0.25) is 5.43 Å². The first-order chi connectivity index (χ1) is 10.3. The van der Waals surface area contributed by atoms with E-state index in [1.54, 1.807) is 27.8 Å².